The molecule has 2 N–H and O–H groups in total. The van der Waals surface area contributed by atoms with Crippen LogP contribution in [0.1, 0.15) is 19.5 Å². The zero-order valence-electron chi connectivity index (χ0n) is 16.6. The van der Waals surface area contributed by atoms with E-state index >= 15 is 0 Å². The second-order valence-corrected chi connectivity index (χ2v) is 3.72. The fourth-order valence-electron chi connectivity index (χ4n) is 0.939. The van der Waals surface area contributed by atoms with Crippen molar-refractivity contribution in [3.8, 4) is 6.07 Å². The first-order valence-corrected chi connectivity index (χ1v) is 7.76. The Morgan fingerprint density at radius 2 is 1.35 bits per heavy atom. The van der Waals surface area contributed by atoms with E-state index in [2.05, 4.69) is 20.4 Å². The zero-order chi connectivity index (χ0) is 19.8. The Bertz CT molecular complexity index is 487. The number of ether oxygens (including phenoxy) is 1. The van der Waals surface area contributed by atoms with Gasteiger partial charge in [0.05, 0.1) is 0 Å². The third kappa shape index (κ3) is 29.2. The maximum atomic E-state index is 9.96. The van der Waals surface area contributed by atoms with Gasteiger partial charge in [-0.1, -0.05) is 56.3 Å². The third-order valence-electron chi connectivity index (χ3n) is 1.90. The van der Waals surface area contributed by atoms with Crippen molar-refractivity contribution in [1.29, 1.82) is 5.26 Å². The van der Waals surface area contributed by atoms with Gasteiger partial charge in [0.2, 0.25) is 0 Å². The van der Waals surface area contributed by atoms with Gasteiger partial charge in [-0.05, 0) is 12.1 Å². The van der Waals surface area contributed by atoms with Gasteiger partial charge >= 0.3 is 6.03 Å². The van der Waals surface area contributed by atoms with Gasteiger partial charge < -0.3 is 15.4 Å². The second kappa shape index (κ2) is 30.1. The monoisotopic (exact) mass is 357 g/mol. The van der Waals surface area contributed by atoms with E-state index in [-0.39, 0.29) is 14.4 Å². The van der Waals surface area contributed by atoms with Crippen LogP contribution in [0.15, 0.2) is 60.8 Å². The highest BCUT2D eigenvalue weighted by atomic mass is 16.4. The van der Waals surface area contributed by atoms with E-state index in [9.17, 15) is 4.79 Å². The number of urea groups is 1. The van der Waals surface area contributed by atoms with Crippen molar-refractivity contribution < 1.29 is 9.53 Å². The number of benzene rings is 1. The molecule has 1 heterocycles. The van der Waals surface area contributed by atoms with Crippen LogP contribution >= 0.6 is 0 Å². The summed E-state index contributed by atoms with van der Waals surface area (Å²) in [4.78, 5) is 13.7. The number of rotatable bonds is 0. The molecule has 0 unspecified atom stereocenters. The molecular formula is C19H30BN4O2. The fraction of sp³-hybridized carbons (Fsp3) is 0.316. The Morgan fingerprint density at radius 3 is 1.50 bits per heavy atom. The van der Waals surface area contributed by atoms with Gasteiger partial charge in [0, 0.05) is 42.9 Å². The third-order valence-corrected chi connectivity index (χ3v) is 1.90. The standard InChI is InChI=1S/C6H4N2.C6H6.C3H8N2O.C2H6O.C2H6.B/c7-5-6-3-1-2-4-8-6;1-2-4-6-5-3-1;1-4-3(6)5-2;1-3-2;1-2;/h1-4H;1-6H;1-2H3,(H2,4,5,6);1-2H3;1-2H3;. The Kier molecular flexibility index (Phi) is 35.8. The molecule has 141 valence electrons. The average Bonchev–Trinajstić information content (AvgIpc) is 2.72. The lowest BCUT2D eigenvalue weighted by atomic mass is 10.4. The van der Waals surface area contributed by atoms with Crippen LogP contribution in [0.2, 0.25) is 0 Å². The number of nitrogens with one attached hydrogen (secondary N) is 2. The summed E-state index contributed by atoms with van der Waals surface area (Å²) >= 11 is 0. The van der Waals surface area contributed by atoms with Crippen LogP contribution in [0.5, 0.6) is 0 Å². The lowest BCUT2D eigenvalue weighted by Gasteiger charge is -1.91. The first-order chi connectivity index (χ1) is 12.2. The molecule has 2 amide bonds. The number of carbonyl (C=O) groups excluding carboxylic acids is 1. The highest BCUT2D eigenvalue weighted by molar-refractivity contribution is 5.75. The molecule has 6 nitrogen and oxygen atoms in total. The average molecular weight is 357 g/mol. The van der Waals surface area contributed by atoms with E-state index in [1.807, 2.05) is 56.3 Å². The van der Waals surface area contributed by atoms with Crippen molar-refractivity contribution in [2.75, 3.05) is 28.3 Å². The number of methoxy groups -OCH3 is 1. The smallest absolute Gasteiger partial charge is 0.314 e. The molecule has 0 aliphatic rings. The van der Waals surface area contributed by atoms with Crippen LogP contribution in [0.3, 0.4) is 0 Å². The van der Waals surface area contributed by atoms with Crippen LogP contribution in [0.4, 0.5) is 4.79 Å². The minimum atomic E-state index is -0.157. The summed E-state index contributed by atoms with van der Waals surface area (Å²) in [5.74, 6) is 0. The zero-order valence-corrected chi connectivity index (χ0v) is 16.6. The summed E-state index contributed by atoms with van der Waals surface area (Å²) in [7, 11) is 6.39. The van der Waals surface area contributed by atoms with Gasteiger partial charge in [-0.25, -0.2) is 9.78 Å². The molecule has 0 fully saturated rings. The van der Waals surface area contributed by atoms with Gasteiger partial charge in [-0.15, -0.1) is 0 Å². The molecule has 26 heavy (non-hydrogen) atoms. The summed E-state index contributed by atoms with van der Waals surface area (Å²) in [5.41, 5.74) is 0.465. The summed E-state index contributed by atoms with van der Waals surface area (Å²) in [6.45, 7) is 4.00. The summed E-state index contributed by atoms with van der Waals surface area (Å²) in [5, 5.41) is 13.0. The molecule has 2 aromatic rings. The number of aromatic nitrogens is 1. The highest BCUT2D eigenvalue weighted by Gasteiger charge is 1.82. The van der Waals surface area contributed by atoms with E-state index in [0.717, 1.165) is 0 Å². The Balaban J connectivity index is -0.000000124. The van der Waals surface area contributed by atoms with Crippen molar-refractivity contribution in [2.45, 2.75) is 13.8 Å². The number of hydrogen-bond donors (Lipinski definition) is 2. The second-order valence-electron chi connectivity index (χ2n) is 3.72. The maximum absolute atomic E-state index is 9.96. The first-order valence-electron chi connectivity index (χ1n) is 7.76. The molecule has 0 saturated heterocycles. The Morgan fingerprint density at radius 1 is 0.962 bits per heavy atom. The van der Waals surface area contributed by atoms with Gasteiger partial charge in [0.1, 0.15) is 11.8 Å². The van der Waals surface area contributed by atoms with E-state index < -0.39 is 0 Å². The number of pyridine rings is 1. The van der Waals surface area contributed by atoms with Crippen LogP contribution in [-0.4, -0.2) is 47.7 Å². The number of amides is 2. The van der Waals surface area contributed by atoms with Crippen molar-refractivity contribution in [1.82, 2.24) is 15.6 Å². The molecule has 0 saturated carbocycles. The largest absolute Gasteiger partial charge is 0.388 e. The Labute approximate surface area is 160 Å². The molecule has 0 atom stereocenters. The first kappa shape index (κ1) is 31.0. The lowest BCUT2D eigenvalue weighted by Crippen LogP contribution is -2.28. The van der Waals surface area contributed by atoms with Gasteiger partial charge in [-0.2, -0.15) is 5.26 Å². The molecule has 1 aromatic heterocycles. The Hall–Kier alpha value is -2.85. The lowest BCUT2D eigenvalue weighted by molar-refractivity contribution is 0.245. The summed E-state index contributed by atoms with van der Waals surface area (Å²) < 4.78 is 4.25. The van der Waals surface area contributed by atoms with E-state index in [4.69, 9.17) is 5.26 Å². The number of carbonyl (C=O) groups is 1. The number of nitriles is 1. The van der Waals surface area contributed by atoms with Gasteiger partial charge in [-0.3, -0.25) is 0 Å². The predicted octanol–water partition coefficient (Wildman–Crippen LogP) is 3.09. The van der Waals surface area contributed by atoms with E-state index in [1.54, 1.807) is 52.7 Å². The van der Waals surface area contributed by atoms with Crippen LogP contribution in [-0.2, 0) is 4.74 Å². The van der Waals surface area contributed by atoms with Crippen LogP contribution in [0.25, 0.3) is 0 Å². The summed E-state index contributed by atoms with van der Waals surface area (Å²) in [6.07, 6.45) is 1.60. The van der Waals surface area contributed by atoms with E-state index in [0.29, 0.717) is 5.69 Å². The van der Waals surface area contributed by atoms with Gasteiger partial charge in [0.25, 0.3) is 0 Å². The fourth-order valence-corrected chi connectivity index (χ4v) is 0.939. The quantitative estimate of drug-likeness (QED) is 0.710. The molecular weight excluding hydrogens is 327 g/mol. The molecule has 1 aromatic carbocycles. The predicted molar refractivity (Wildman–Crippen MR) is 109 cm³/mol. The normalized spacial score (nSPS) is 6.81. The van der Waals surface area contributed by atoms with Crippen molar-refractivity contribution in [3.63, 3.8) is 0 Å². The molecule has 0 spiro atoms. The molecule has 0 aliphatic heterocycles. The number of hydrogen-bond acceptors (Lipinski definition) is 4. The summed E-state index contributed by atoms with van der Waals surface area (Å²) in [6, 6.07) is 19.0. The van der Waals surface area contributed by atoms with Crippen LogP contribution in [0, 0.1) is 11.3 Å². The minimum Gasteiger partial charge on any atom is -0.388 e. The molecule has 2 rings (SSSR count). The molecule has 3 radical (unpaired) electrons. The topological polar surface area (TPSA) is 87.0 Å². The molecule has 7 heteroatoms. The number of nitrogens with zero attached hydrogens (tertiary/aromatic N) is 2. The van der Waals surface area contributed by atoms with E-state index in [1.165, 1.54) is 0 Å². The van der Waals surface area contributed by atoms with Gasteiger partial charge in [0.15, 0.2) is 0 Å². The van der Waals surface area contributed by atoms with Crippen molar-refractivity contribution in [2.24, 2.45) is 0 Å². The minimum absolute atomic E-state index is 0. The molecule has 0 aliphatic carbocycles. The highest BCUT2D eigenvalue weighted by Crippen LogP contribution is 1.87. The molecule has 0 bridgehead atoms. The maximum Gasteiger partial charge on any atom is 0.314 e. The van der Waals surface area contributed by atoms with Crippen LogP contribution < -0.4 is 10.6 Å². The van der Waals surface area contributed by atoms with Crippen molar-refractivity contribution in [3.05, 3.63) is 66.5 Å². The van der Waals surface area contributed by atoms with Crippen molar-refractivity contribution >= 4 is 14.4 Å². The SMILES string of the molecule is CC.CNC(=O)NC.COC.N#Cc1ccccn1.[B].c1ccccc1.